The monoisotopic (exact) mass is 517 g/mol. The second-order valence-electron chi connectivity index (χ2n) is 9.14. The topological polar surface area (TPSA) is 115 Å². The number of hydrogen-bond donors (Lipinski definition) is 1. The van der Waals surface area contributed by atoms with Crippen LogP contribution in [0.25, 0.3) is 0 Å². The number of methoxy groups -OCH3 is 1. The third-order valence-electron chi connectivity index (χ3n) is 6.80. The summed E-state index contributed by atoms with van der Waals surface area (Å²) in [4.78, 5) is 37.5. The molecule has 2 aromatic rings. The smallest absolute Gasteiger partial charge is 0.354 e. The van der Waals surface area contributed by atoms with Gasteiger partial charge in [-0.05, 0) is 63.4 Å². The van der Waals surface area contributed by atoms with Crippen LogP contribution >= 0.6 is 0 Å². The fraction of sp³-hybridized carbons (Fsp3) is 0.500. The minimum atomic E-state index is -4.00. The van der Waals surface area contributed by atoms with Crippen LogP contribution in [-0.4, -0.2) is 54.6 Å². The molecule has 36 heavy (non-hydrogen) atoms. The largest absolute Gasteiger partial charge is 0.464 e. The van der Waals surface area contributed by atoms with Gasteiger partial charge in [-0.1, -0.05) is 19.3 Å². The number of rotatable bonds is 9. The van der Waals surface area contributed by atoms with Gasteiger partial charge in [0.05, 0.1) is 18.6 Å². The van der Waals surface area contributed by atoms with Crippen LogP contribution in [0.1, 0.15) is 78.1 Å². The number of hydrogen-bond acceptors (Lipinski definition) is 6. The molecule has 9 nitrogen and oxygen atoms in total. The van der Waals surface area contributed by atoms with Gasteiger partial charge in [0, 0.05) is 36.5 Å². The van der Waals surface area contributed by atoms with Crippen LogP contribution in [0.3, 0.4) is 0 Å². The first-order valence-electron chi connectivity index (χ1n) is 12.2. The molecule has 1 heterocycles. The van der Waals surface area contributed by atoms with Crippen LogP contribution < -0.4 is 5.32 Å². The number of nitrogens with one attached hydrogen (secondary N) is 1. The van der Waals surface area contributed by atoms with Gasteiger partial charge in [0.15, 0.2) is 5.78 Å². The second-order valence-corrected chi connectivity index (χ2v) is 11.0. The van der Waals surface area contributed by atoms with Crippen molar-refractivity contribution >= 4 is 33.4 Å². The van der Waals surface area contributed by atoms with Crippen molar-refractivity contribution in [2.75, 3.05) is 19.0 Å². The molecule has 1 N–H and O–H groups in total. The maximum Gasteiger partial charge on any atom is 0.354 e. The predicted molar refractivity (Wildman–Crippen MR) is 137 cm³/mol. The molecule has 1 aromatic carbocycles. The number of benzene rings is 1. The molecule has 1 aromatic heterocycles. The van der Waals surface area contributed by atoms with Gasteiger partial charge >= 0.3 is 5.97 Å². The van der Waals surface area contributed by atoms with Crippen molar-refractivity contribution in [3.63, 3.8) is 0 Å². The Kier molecular flexibility index (Phi) is 8.73. The molecule has 10 heteroatoms. The Labute approximate surface area is 212 Å². The molecule has 0 saturated heterocycles. The third-order valence-corrected chi connectivity index (χ3v) is 8.72. The van der Waals surface area contributed by atoms with E-state index in [-0.39, 0.29) is 29.2 Å². The number of nitrogens with zero attached hydrogens (tertiary/aromatic N) is 2. The van der Waals surface area contributed by atoms with Crippen molar-refractivity contribution in [1.82, 2.24) is 8.87 Å². The number of carbonyl (C=O) groups excluding carboxylic acids is 3. The Morgan fingerprint density at radius 3 is 2.22 bits per heavy atom. The van der Waals surface area contributed by atoms with Crippen LogP contribution in [-0.2, 0) is 26.1 Å². The number of sulfonamides is 1. The number of amides is 1. The highest BCUT2D eigenvalue weighted by Crippen LogP contribution is 2.30. The molecule has 3 rings (SSSR count). The van der Waals surface area contributed by atoms with E-state index in [0.29, 0.717) is 47.6 Å². The Morgan fingerprint density at radius 1 is 1.08 bits per heavy atom. The number of esters is 1. The van der Waals surface area contributed by atoms with Crippen LogP contribution in [0.4, 0.5) is 5.69 Å². The minimum absolute atomic E-state index is 0.0600. The molecule has 1 amide bonds. The first-order valence-corrected chi connectivity index (χ1v) is 13.7. The van der Waals surface area contributed by atoms with Crippen LogP contribution in [0.5, 0.6) is 0 Å². The summed E-state index contributed by atoms with van der Waals surface area (Å²) in [5, 5.41) is 2.63. The number of carbonyl (C=O) groups is 3. The van der Waals surface area contributed by atoms with Gasteiger partial charge in [-0.2, -0.15) is 4.31 Å². The molecule has 0 bridgehead atoms. The molecule has 0 aliphatic heterocycles. The highest BCUT2D eigenvalue weighted by Gasteiger charge is 2.36. The fourth-order valence-corrected chi connectivity index (χ4v) is 6.75. The molecular weight excluding hydrogens is 482 g/mol. The van der Waals surface area contributed by atoms with Gasteiger partial charge < -0.3 is 14.6 Å². The number of anilines is 1. The molecule has 0 spiro atoms. The van der Waals surface area contributed by atoms with E-state index in [9.17, 15) is 22.8 Å². The van der Waals surface area contributed by atoms with Crippen molar-refractivity contribution in [2.24, 2.45) is 0 Å². The van der Waals surface area contributed by atoms with E-state index in [0.717, 1.165) is 19.3 Å². The number of ether oxygens (including phenoxy) is 1. The van der Waals surface area contributed by atoms with Crippen molar-refractivity contribution in [2.45, 2.75) is 77.3 Å². The lowest BCUT2D eigenvalue weighted by molar-refractivity contribution is -0.114. The Bertz CT molecular complexity index is 1240. The van der Waals surface area contributed by atoms with Crippen molar-refractivity contribution in [3.05, 3.63) is 46.8 Å². The molecule has 0 unspecified atom stereocenters. The summed E-state index contributed by atoms with van der Waals surface area (Å²) in [6.45, 7) is 6.85. The van der Waals surface area contributed by atoms with E-state index in [1.807, 2.05) is 6.92 Å². The number of Topliss-reactive ketones (excluding diaryl/α,β-unsaturated/α-hetero) is 1. The second kappa shape index (κ2) is 11.4. The molecule has 0 radical (unpaired) electrons. The lowest BCUT2D eigenvalue weighted by Gasteiger charge is -2.33. The van der Waals surface area contributed by atoms with Crippen molar-refractivity contribution in [1.29, 1.82) is 0 Å². The van der Waals surface area contributed by atoms with E-state index in [2.05, 4.69) is 5.32 Å². The average molecular weight is 518 g/mol. The van der Waals surface area contributed by atoms with Gasteiger partial charge in [-0.25, -0.2) is 13.2 Å². The lowest BCUT2D eigenvalue weighted by atomic mass is 9.95. The lowest BCUT2D eigenvalue weighted by Crippen LogP contribution is -2.44. The third kappa shape index (κ3) is 5.54. The zero-order valence-electron chi connectivity index (χ0n) is 21.6. The summed E-state index contributed by atoms with van der Waals surface area (Å²) in [6, 6.07) is 5.67. The van der Waals surface area contributed by atoms with Crippen LogP contribution in [0.2, 0.25) is 0 Å². The average Bonchev–Trinajstić information content (AvgIpc) is 3.11. The predicted octanol–water partition coefficient (Wildman–Crippen LogP) is 4.08. The highest BCUT2D eigenvalue weighted by atomic mass is 32.2. The van der Waals surface area contributed by atoms with Gasteiger partial charge in [-0.3, -0.25) is 9.59 Å². The molecule has 1 aliphatic carbocycles. The molecular formula is C26H35N3O6S. The van der Waals surface area contributed by atoms with E-state index >= 15 is 0 Å². The first kappa shape index (κ1) is 27.6. The maximum atomic E-state index is 13.8. The summed E-state index contributed by atoms with van der Waals surface area (Å²) in [5.74, 6) is -1.14. The zero-order chi connectivity index (χ0) is 26.6. The number of ketones is 1. The maximum absolute atomic E-state index is 13.8. The van der Waals surface area contributed by atoms with E-state index in [1.54, 1.807) is 18.4 Å². The van der Waals surface area contributed by atoms with Gasteiger partial charge in [0.1, 0.15) is 5.69 Å². The molecule has 1 saturated carbocycles. The zero-order valence-corrected chi connectivity index (χ0v) is 22.4. The Morgan fingerprint density at radius 2 is 1.69 bits per heavy atom. The number of aromatic nitrogens is 1. The molecule has 0 atom stereocenters. The summed E-state index contributed by atoms with van der Waals surface area (Å²) in [7, 11) is -2.71. The Balaban J connectivity index is 2.01. The summed E-state index contributed by atoms with van der Waals surface area (Å²) < 4.78 is 35.6. The summed E-state index contributed by atoms with van der Waals surface area (Å²) in [6.07, 6.45) is 4.17. The summed E-state index contributed by atoms with van der Waals surface area (Å²) >= 11 is 0. The molecule has 196 valence electrons. The molecule has 1 aliphatic rings. The highest BCUT2D eigenvalue weighted by molar-refractivity contribution is 7.89. The normalized spacial score (nSPS) is 14.6. The minimum Gasteiger partial charge on any atom is -0.464 e. The SMILES string of the molecule is CCn1c(C)c(C(=O)CN(C2CCCCC2)S(=O)(=O)c2ccc(NC(C)=O)cc2)c(C)c1C(=O)OC. The summed E-state index contributed by atoms with van der Waals surface area (Å²) in [5.41, 5.74) is 2.26. The van der Waals surface area contributed by atoms with E-state index in [1.165, 1.54) is 42.6 Å². The van der Waals surface area contributed by atoms with Crippen LogP contribution in [0.15, 0.2) is 29.2 Å². The van der Waals surface area contributed by atoms with Gasteiger partial charge in [0.25, 0.3) is 0 Å². The van der Waals surface area contributed by atoms with E-state index in [4.69, 9.17) is 4.74 Å². The van der Waals surface area contributed by atoms with Crippen LogP contribution in [0, 0.1) is 13.8 Å². The van der Waals surface area contributed by atoms with Crippen molar-refractivity contribution in [3.8, 4) is 0 Å². The standard InChI is InChI=1S/C26H35N3O6S/c1-6-28-18(3)24(17(2)25(28)26(32)35-5)23(31)16-29(21-10-8-7-9-11-21)36(33,34)22-14-12-20(13-15-22)27-19(4)30/h12-15,21H,6-11,16H2,1-5H3,(H,27,30). The van der Waals surface area contributed by atoms with E-state index < -0.39 is 16.0 Å². The molecule has 1 fully saturated rings. The van der Waals surface area contributed by atoms with Crippen molar-refractivity contribution < 1.29 is 27.5 Å². The quantitative estimate of drug-likeness (QED) is 0.396. The first-order chi connectivity index (χ1) is 17.0. The fourth-order valence-electron chi connectivity index (χ4n) is 5.11. The van der Waals surface area contributed by atoms with Gasteiger partial charge in [-0.15, -0.1) is 0 Å². The van der Waals surface area contributed by atoms with Gasteiger partial charge in [0.2, 0.25) is 15.9 Å². The Hall–Kier alpha value is -2.98.